The molecule has 1 saturated carbocycles. The van der Waals surface area contributed by atoms with E-state index in [4.69, 9.17) is 9.47 Å². The summed E-state index contributed by atoms with van der Waals surface area (Å²) in [6.07, 6.45) is 3.71. The minimum absolute atomic E-state index is 0.280. The van der Waals surface area contributed by atoms with Gasteiger partial charge in [0, 0.05) is 11.8 Å². The highest BCUT2D eigenvalue weighted by molar-refractivity contribution is 5.90. The van der Waals surface area contributed by atoms with Gasteiger partial charge < -0.3 is 20.1 Å². The lowest BCUT2D eigenvalue weighted by Crippen LogP contribution is -2.45. The minimum atomic E-state index is -0.465. The first-order valence-electron chi connectivity index (χ1n) is 9.22. The Labute approximate surface area is 158 Å². The first kappa shape index (κ1) is 19.0. The van der Waals surface area contributed by atoms with Gasteiger partial charge in [-0.25, -0.2) is 9.18 Å². The number of ether oxygens (including phenoxy) is 2. The zero-order valence-electron chi connectivity index (χ0n) is 15.7. The van der Waals surface area contributed by atoms with Crippen molar-refractivity contribution in [2.75, 3.05) is 19.0 Å². The van der Waals surface area contributed by atoms with Gasteiger partial charge in [-0.15, -0.1) is 0 Å². The Balaban J connectivity index is 1.75. The molecule has 1 aliphatic rings. The monoisotopic (exact) mass is 372 g/mol. The van der Waals surface area contributed by atoms with E-state index in [1.165, 1.54) is 12.1 Å². The van der Waals surface area contributed by atoms with Crippen LogP contribution in [-0.4, -0.2) is 19.7 Å². The summed E-state index contributed by atoms with van der Waals surface area (Å²) in [6, 6.07) is 11.3. The molecular formula is C21H25FN2O3. The molecule has 0 radical (unpaired) electrons. The second-order valence-corrected chi connectivity index (χ2v) is 6.67. The number of hydrogen-bond acceptors (Lipinski definition) is 3. The lowest BCUT2D eigenvalue weighted by Gasteiger charge is -2.31. The number of halogens is 1. The highest BCUT2D eigenvalue weighted by Gasteiger charge is 2.37. The Kier molecular flexibility index (Phi) is 5.84. The Morgan fingerprint density at radius 2 is 1.81 bits per heavy atom. The SMILES string of the molecule is CCOc1cc(NC(=O)NC2(c3ccc(F)cc3)CCCC2)ccc1OC. The Bertz CT molecular complexity index is 787. The fourth-order valence-electron chi connectivity index (χ4n) is 3.64. The van der Waals surface area contributed by atoms with Crippen LogP contribution in [0.1, 0.15) is 38.2 Å². The van der Waals surface area contributed by atoms with Gasteiger partial charge in [0.1, 0.15) is 5.82 Å². The Morgan fingerprint density at radius 3 is 2.44 bits per heavy atom. The summed E-state index contributed by atoms with van der Waals surface area (Å²) < 4.78 is 24.1. The van der Waals surface area contributed by atoms with Crippen molar-refractivity contribution < 1.29 is 18.7 Å². The van der Waals surface area contributed by atoms with Crippen LogP contribution in [0.4, 0.5) is 14.9 Å². The van der Waals surface area contributed by atoms with E-state index in [0.29, 0.717) is 23.8 Å². The largest absolute Gasteiger partial charge is 0.493 e. The van der Waals surface area contributed by atoms with E-state index in [0.717, 1.165) is 31.2 Å². The molecule has 2 amide bonds. The van der Waals surface area contributed by atoms with Crippen molar-refractivity contribution in [2.24, 2.45) is 0 Å². The van der Waals surface area contributed by atoms with Crippen molar-refractivity contribution in [1.29, 1.82) is 0 Å². The van der Waals surface area contributed by atoms with Gasteiger partial charge in [-0.1, -0.05) is 25.0 Å². The molecule has 0 saturated heterocycles. The van der Waals surface area contributed by atoms with E-state index in [2.05, 4.69) is 10.6 Å². The summed E-state index contributed by atoms with van der Waals surface area (Å²) >= 11 is 0. The van der Waals surface area contributed by atoms with Crippen LogP contribution >= 0.6 is 0 Å². The molecule has 144 valence electrons. The van der Waals surface area contributed by atoms with Crippen molar-refractivity contribution in [3.05, 3.63) is 53.8 Å². The number of amides is 2. The molecule has 0 bridgehead atoms. The molecular weight excluding hydrogens is 347 g/mol. The van der Waals surface area contributed by atoms with Gasteiger partial charge in [0.2, 0.25) is 0 Å². The first-order chi connectivity index (χ1) is 13.1. The fraction of sp³-hybridized carbons (Fsp3) is 0.381. The van der Waals surface area contributed by atoms with Crippen molar-refractivity contribution >= 4 is 11.7 Å². The average Bonchev–Trinajstić information content (AvgIpc) is 3.12. The van der Waals surface area contributed by atoms with Crippen molar-refractivity contribution in [1.82, 2.24) is 5.32 Å². The molecule has 5 nitrogen and oxygen atoms in total. The van der Waals surface area contributed by atoms with Crippen LogP contribution in [0.2, 0.25) is 0 Å². The van der Waals surface area contributed by atoms with Gasteiger partial charge >= 0.3 is 6.03 Å². The highest BCUT2D eigenvalue weighted by Crippen LogP contribution is 2.39. The van der Waals surface area contributed by atoms with E-state index in [1.54, 1.807) is 37.4 Å². The predicted molar refractivity (Wildman–Crippen MR) is 103 cm³/mol. The maximum atomic E-state index is 13.3. The number of rotatable bonds is 6. The molecule has 0 spiro atoms. The number of anilines is 1. The van der Waals surface area contributed by atoms with Crippen molar-refractivity contribution in [3.63, 3.8) is 0 Å². The third-order valence-corrected chi connectivity index (χ3v) is 4.93. The molecule has 1 fully saturated rings. The van der Waals surface area contributed by atoms with Crippen LogP contribution in [0, 0.1) is 5.82 Å². The van der Waals surface area contributed by atoms with Crippen molar-refractivity contribution in [2.45, 2.75) is 38.1 Å². The molecule has 27 heavy (non-hydrogen) atoms. The molecule has 2 aromatic rings. The van der Waals surface area contributed by atoms with Crippen LogP contribution < -0.4 is 20.1 Å². The van der Waals surface area contributed by atoms with Gasteiger partial charge in [0.05, 0.1) is 19.3 Å². The van der Waals surface area contributed by atoms with Crippen LogP contribution in [0.5, 0.6) is 11.5 Å². The number of benzene rings is 2. The molecule has 0 aromatic heterocycles. The number of methoxy groups -OCH3 is 1. The number of urea groups is 1. The van der Waals surface area contributed by atoms with Gasteiger partial charge in [-0.3, -0.25) is 0 Å². The van der Waals surface area contributed by atoms with Gasteiger partial charge in [-0.05, 0) is 49.6 Å². The van der Waals surface area contributed by atoms with Crippen LogP contribution in [-0.2, 0) is 5.54 Å². The summed E-state index contributed by atoms with van der Waals surface area (Å²) in [4.78, 5) is 12.7. The van der Waals surface area contributed by atoms with Gasteiger partial charge in [-0.2, -0.15) is 0 Å². The Morgan fingerprint density at radius 1 is 1.11 bits per heavy atom. The topological polar surface area (TPSA) is 59.6 Å². The number of carbonyl (C=O) groups is 1. The van der Waals surface area contributed by atoms with Crippen LogP contribution in [0.3, 0.4) is 0 Å². The summed E-state index contributed by atoms with van der Waals surface area (Å²) in [5.41, 5.74) is 1.08. The summed E-state index contributed by atoms with van der Waals surface area (Å²) in [5.74, 6) is 0.909. The summed E-state index contributed by atoms with van der Waals surface area (Å²) in [5, 5.41) is 5.98. The average molecular weight is 372 g/mol. The Hall–Kier alpha value is -2.76. The molecule has 0 unspecified atom stereocenters. The maximum Gasteiger partial charge on any atom is 0.319 e. The maximum absolute atomic E-state index is 13.3. The van der Waals surface area contributed by atoms with E-state index < -0.39 is 5.54 Å². The highest BCUT2D eigenvalue weighted by atomic mass is 19.1. The molecule has 3 rings (SSSR count). The second kappa shape index (κ2) is 8.29. The molecule has 1 aliphatic carbocycles. The fourth-order valence-corrected chi connectivity index (χ4v) is 3.64. The summed E-state index contributed by atoms with van der Waals surface area (Å²) in [6.45, 7) is 2.39. The number of hydrogen-bond donors (Lipinski definition) is 2. The zero-order chi connectivity index (χ0) is 19.3. The number of nitrogens with one attached hydrogen (secondary N) is 2. The van der Waals surface area contributed by atoms with Crippen LogP contribution in [0.15, 0.2) is 42.5 Å². The lowest BCUT2D eigenvalue weighted by molar-refractivity contribution is 0.236. The quantitative estimate of drug-likeness (QED) is 0.764. The normalized spacial score (nSPS) is 15.2. The van der Waals surface area contributed by atoms with E-state index >= 15 is 0 Å². The molecule has 0 atom stereocenters. The molecule has 0 heterocycles. The molecule has 2 aromatic carbocycles. The van der Waals surface area contributed by atoms with E-state index in [9.17, 15) is 9.18 Å². The van der Waals surface area contributed by atoms with Crippen LogP contribution in [0.25, 0.3) is 0 Å². The van der Waals surface area contributed by atoms with Crippen molar-refractivity contribution in [3.8, 4) is 11.5 Å². The van der Waals surface area contributed by atoms with E-state index in [1.807, 2.05) is 6.92 Å². The molecule has 0 aliphatic heterocycles. The second-order valence-electron chi connectivity index (χ2n) is 6.67. The zero-order valence-corrected chi connectivity index (χ0v) is 15.7. The molecule has 6 heteroatoms. The lowest BCUT2D eigenvalue weighted by atomic mass is 9.88. The third-order valence-electron chi connectivity index (χ3n) is 4.93. The predicted octanol–water partition coefficient (Wildman–Crippen LogP) is 4.82. The first-order valence-corrected chi connectivity index (χ1v) is 9.22. The third kappa shape index (κ3) is 4.32. The summed E-state index contributed by atoms with van der Waals surface area (Å²) in [7, 11) is 1.57. The van der Waals surface area contributed by atoms with E-state index in [-0.39, 0.29) is 11.8 Å². The molecule has 2 N–H and O–H groups in total. The number of carbonyl (C=O) groups excluding carboxylic acids is 1. The smallest absolute Gasteiger partial charge is 0.319 e. The minimum Gasteiger partial charge on any atom is -0.493 e. The van der Waals surface area contributed by atoms with Gasteiger partial charge in [0.15, 0.2) is 11.5 Å². The van der Waals surface area contributed by atoms with Gasteiger partial charge in [0.25, 0.3) is 0 Å². The standard InChI is InChI=1S/C21H25FN2O3/c1-3-27-19-14-17(10-11-18(19)26-2)23-20(25)24-21(12-4-5-13-21)15-6-8-16(22)9-7-15/h6-11,14H,3-5,12-13H2,1-2H3,(H2,23,24,25).